The summed E-state index contributed by atoms with van der Waals surface area (Å²) in [5, 5.41) is 0.660. The van der Waals surface area contributed by atoms with Crippen LogP contribution in [0.25, 0.3) is 0 Å². The highest BCUT2D eigenvalue weighted by molar-refractivity contribution is 7.14. The number of amides is 1. The normalized spacial score (nSPS) is 10.3. The van der Waals surface area contributed by atoms with Gasteiger partial charge in [-0.25, -0.2) is 0 Å². The van der Waals surface area contributed by atoms with E-state index in [1.54, 1.807) is 6.07 Å². The van der Waals surface area contributed by atoms with Crippen molar-refractivity contribution in [2.75, 3.05) is 0 Å². The number of halogens is 1. The van der Waals surface area contributed by atoms with Gasteiger partial charge in [0.05, 0.1) is 0 Å². The van der Waals surface area contributed by atoms with Crippen molar-refractivity contribution in [3.63, 3.8) is 0 Å². The zero-order chi connectivity index (χ0) is 13.1. The van der Waals surface area contributed by atoms with Gasteiger partial charge in [-0.05, 0) is 30.7 Å². The van der Waals surface area contributed by atoms with Gasteiger partial charge < -0.3 is 10.5 Å². The van der Waals surface area contributed by atoms with Gasteiger partial charge in [0.2, 0.25) is 0 Å². The lowest BCUT2D eigenvalue weighted by Crippen LogP contribution is -2.10. The minimum absolute atomic E-state index is 0.358. The van der Waals surface area contributed by atoms with Gasteiger partial charge in [0, 0.05) is 9.90 Å². The minimum atomic E-state index is -0.464. The molecule has 2 aromatic rings. The predicted molar refractivity (Wildman–Crippen MR) is 73.4 cm³/mol. The Morgan fingerprint density at radius 1 is 1.44 bits per heavy atom. The minimum Gasteiger partial charge on any atom is -0.487 e. The van der Waals surface area contributed by atoms with Gasteiger partial charge in [0.15, 0.2) is 0 Å². The molecule has 0 unspecified atom stereocenters. The van der Waals surface area contributed by atoms with Gasteiger partial charge >= 0.3 is 0 Å². The summed E-state index contributed by atoms with van der Waals surface area (Å²) in [4.78, 5) is 12.7. The first kappa shape index (κ1) is 12.9. The number of hydrogen-bond donors (Lipinski definition) is 1. The second kappa shape index (κ2) is 5.42. The molecule has 0 aliphatic carbocycles. The van der Waals surface area contributed by atoms with Gasteiger partial charge in [-0.15, -0.1) is 11.3 Å². The van der Waals surface area contributed by atoms with E-state index in [0.717, 1.165) is 10.4 Å². The summed E-state index contributed by atoms with van der Waals surface area (Å²) in [5.74, 6) is 0.0687. The van der Waals surface area contributed by atoms with Crippen molar-refractivity contribution in [2.45, 2.75) is 13.5 Å². The van der Waals surface area contributed by atoms with Crippen LogP contribution < -0.4 is 10.5 Å². The Hall–Kier alpha value is -1.52. The Kier molecular flexibility index (Phi) is 3.89. The monoisotopic (exact) mass is 281 g/mol. The molecule has 0 saturated heterocycles. The fraction of sp³-hybridized carbons (Fsp3) is 0.154. The summed E-state index contributed by atoms with van der Waals surface area (Å²) >= 11 is 7.22. The van der Waals surface area contributed by atoms with Crippen LogP contribution in [0.4, 0.5) is 0 Å². The average molecular weight is 282 g/mol. The Morgan fingerprint density at radius 2 is 2.22 bits per heavy atom. The van der Waals surface area contributed by atoms with Crippen LogP contribution in [-0.4, -0.2) is 5.91 Å². The smallest absolute Gasteiger partial charge is 0.262 e. The molecule has 3 nitrogen and oxygen atoms in total. The molecule has 0 aliphatic heterocycles. The molecule has 0 radical (unpaired) electrons. The van der Waals surface area contributed by atoms with E-state index in [4.69, 9.17) is 22.1 Å². The second-order valence-corrected chi connectivity index (χ2v) is 5.53. The van der Waals surface area contributed by atoms with Crippen LogP contribution in [0.3, 0.4) is 0 Å². The van der Waals surface area contributed by atoms with Crippen LogP contribution >= 0.6 is 22.9 Å². The Bertz CT molecular complexity index is 580. The largest absolute Gasteiger partial charge is 0.487 e. The molecule has 2 rings (SSSR count). The number of hydrogen-bond acceptors (Lipinski definition) is 3. The first-order valence-electron chi connectivity index (χ1n) is 5.34. The summed E-state index contributed by atoms with van der Waals surface area (Å²) < 4.78 is 5.61. The highest BCUT2D eigenvalue weighted by Crippen LogP contribution is 2.29. The van der Waals surface area contributed by atoms with Crippen molar-refractivity contribution in [3.8, 4) is 5.75 Å². The molecule has 0 bridgehead atoms. The van der Waals surface area contributed by atoms with Gasteiger partial charge in [-0.2, -0.15) is 0 Å². The van der Waals surface area contributed by atoms with E-state index in [1.807, 2.05) is 31.2 Å². The lowest BCUT2D eigenvalue weighted by Gasteiger charge is -2.06. The molecule has 1 amide bonds. The predicted octanol–water partition coefficient (Wildman–Crippen LogP) is 3.39. The molecule has 0 fully saturated rings. The van der Waals surface area contributed by atoms with E-state index in [1.165, 1.54) is 11.3 Å². The van der Waals surface area contributed by atoms with E-state index in [-0.39, 0.29) is 0 Å². The summed E-state index contributed by atoms with van der Waals surface area (Å²) in [6.07, 6.45) is 0. The lowest BCUT2D eigenvalue weighted by atomic mass is 10.2. The van der Waals surface area contributed by atoms with E-state index in [0.29, 0.717) is 22.3 Å². The van der Waals surface area contributed by atoms with Crippen molar-refractivity contribution < 1.29 is 9.53 Å². The maximum atomic E-state index is 11.2. The number of rotatable bonds is 4. The summed E-state index contributed by atoms with van der Waals surface area (Å²) in [6, 6.07) is 9.21. The number of primary amides is 1. The fourth-order valence-electron chi connectivity index (χ4n) is 1.56. The second-order valence-electron chi connectivity index (χ2n) is 3.83. The average Bonchev–Trinajstić information content (AvgIpc) is 2.68. The molecule has 2 N–H and O–H groups in total. The van der Waals surface area contributed by atoms with Crippen molar-refractivity contribution >= 4 is 28.8 Å². The molecular formula is C13H12ClNO2S. The number of carbonyl (C=O) groups excluding carboxylic acids is 1. The van der Waals surface area contributed by atoms with Crippen LogP contribution in [0.1, 0.15) is 20.1 Å². The number of benzene rings is 1. The molecule has 1 heterocycles. The first-order valence-corrected chi connectivity index (χ1v) is 6.53. The van der Waals surface area contributed by atoms with E-state index in [2.05, 4.69) is 0 Å². The third-order valence-corrected chi connectivity index (χ3v) is 3.61. The molecule has 18 heavy (non-hydrogen) atoms. The molecule has 94 valence electrons. The number of carbonyl (C=O) groups is 1. The molecule has 0 spiro atoms. The molecule has 0 saturated carbocycles. The van der Waals surface area contributed by atoms with Gasteiger partial charge in [0.25, 0.3) is 5.91 Å². The van der Waals surface area contributed by atoms with Gasteiger partial charge in [-0.3, -0.25) is 4.79 Å². The summed E-state index contributed by atoms with van der Waals surface area (Å²) in [7, 11) is 0. The molecule has 0 aliphatic rings. The first-order chi connectivity index (χ1) is 8.56. The number of nitrogens with two attached hydrogens (primary N) is 1. The lowest BCUT2D eigenvalue weighted by molar-refractivity contribution is 0.1000. The maximum Gasteiger partial charge on any atom is 0.262 e. The van der Waals surface area contributed by atoms with Crippen molar-refractivity contribution in [1.82, 2.24) is 0 Å². The highest BCUT2D eigenvalue weighted by atomic mass is 35.5. The summed E-state index contributed by atoms with van der Waals surface area (Å²) in [6.45, 7) is 2.26. The van der Waals surface area contributed by atoms with Crippen molar-refractivity contribution in [2.24, 2.45) is 5.73 Å². The number of thiophene rings is 1. The SMILES string of the molecule is Cc1cc(OCc2cccc(Cl)c2)c(C(N)=O)s1. The molecule has 1 aromatic carbocycles. The third-order valence-electron chi connectivity index (χ3n) is 2.33. The van der Waals surface area contributed by atoms with Crippen molar-refractivity contribution in [3.05, 3.63) is 50.7 Å². The van der Waals surface area contributed by atoms with Crippen LogP contribution in [0, 0.1) is 6.92 Å². The maximum absolute atomic E-state index is 11.2. The fourth-order valence-corrected chi connectivity index (χ4v) is 2.58. The molecular weight excluding hydrogens is 270 g/mol. The quantitative estimate of drug-likeness (QED) is 0.934. The Balaban J connectivity index is 2.13. The zero-order valence-electron chi connectivity index (χ0n) is 9.77. The van der Waals surface area contributed by atoms with Crippen LogP contribution in [-0.2, 0) is 6.61 Å². The van der Waals surface area contributed by atoms with Crippen molar-refractivity contribution in [1.29, 1.82) is 0 Å². The third kappa shape index (κ3) is 3.03. The molecule has 1 aromatic heterocycles. The van der Waals surface area contributed by atoms with Gasteiger partial charge in [0.1, 0.15) is 17.2 Å². The zero-order valence-corrected chi connectivity index (χ0v) is 11.3. The highest BCUT2D eigenvalue weighted by Gasteiger charge is 2.13. The standard InChI is InChI=1S/C13H12ClNO2S/c1-8-5-11(12(18-8)13(15)16)17-7-9-3-2-4-10(14)6-9/h2-6H,7H2,1H3,(H2,15,16). The molecule has 5 heteroatoms. The van der Waals surface area contributed by atoms with Crippen LogP contribution in [0.5, 0.6) is 5.75 Å². The Morgan fingerprint density at radius 3 is 2.89 bits per heavy atom. The van der Waals surface area contributed by atoms with Gasteiger partial charge in [-0.1, -0.05) is 23.7 Å². The Labute approximate surface area is 114 Å². The summed E-state index contributed by atoms with van der Waals surface area (Å²) in [5.41, 5.74) is 6.24. The van der Waals surface area contributed by atoms with Crippen LogP contribution in [0.2, 0.25) is 5.02 Å². The topological polar surface area (TPSA) is 52.3 Å². The van der Waals surface area contributed by atoms with E-state index >= 15 is 0 Å². The van der Waals surface area contributed by atoms with Crippen LogP contribution in [0.15, 0.2) is 30.3 Å². The number of ether oxygens (including phenoxy) is 1. The molecule has 0 atom stereocenters. The van der Waals surface area contributed by atoms with E-state index in [9.17, 15) is 4.79 Å². The van der Waals surface area contributed by atoms with E-state index < -0.39 is 5.91 Å². The number of aryl methyl sites for hydroxylation is 1.